The van der Waals surface area contributed by atoms with Gasteiger partial charge in [0.05, 0.1) is 5.02 Å². The zero-order valence-electron chi connectivity index (χ0n) is 12.3. The van der Waals surface area contributed by atoms with E-state index in [9.17, 15) is 4.79 Å². The second kappa shape index (κ2) is 6.24. The number of hydrogen-bond donors (Lipinski definition) is 2. The summed E-state index contributed by atoms with van der Waals surface area (Å²) in [5.41, 5.74) is 3.77. The predicted molar refractivity (Wildman–Crippen MR) is 90.5 cm³/mol. The molecule has 3 rings (SSSR count). The van der Waals surface area contributed by atoms with Gasteiger partial charge in [-0.1, -0.05) is 54.1 Å². The molecule has 0 bridgehead atoms. The molecule has 1 amide bonds. The van der Waals surface area contributed by atoms with Gasteiger partial charge >= 0.3 is 0 Å². The van der Waals surface area contributed by atoms with Crippen LogP contribution < -0.4 is 5.32 Å². The van der Waals surface area contributed by atoms with Gasteiger partial charge in [0.1, 0.15) is 5.69 Å². The zero-order valence-corrected chi connectivity index (χ0v) is 13.1. The quantitative estimate of drug-likeness (QED) is 0.748. The summed E-state index contributed by atoms with van der Waals surface area (Å²) >= 11 is 6.28. The van der Waals surface area contributed by atoms with E-state index in [0.29, 0.717) is 17.3 Å². The molecule has 0 atom stereocenters. The number of rotatable bonds is 4. The third-order valence-electron chi connectivity index (χ3n) is 3.81. The maximum absolute atomic E-state index is 12.3. The first-order valence-electron chi connectivity index (χ1n) is 7.25. The molecule has 0 aliphatic carbocycles. The Kier molecular flexibility index (Phi) is 4.16. The van der Waals surface area contributed by atoms with E-state index in [1.54, 1.807) is 0 Å². The number of aryl methyl sites for hydroxylation is 1. The molecule has 2 N–H and O–H groups in total. The largest absolute Gasteiger partial charge is 0.350 e. The molecule has 0 spiro atoms. The van der Waals surface area contributed by atoms with Gasteiger partial charge in [-0.15, -0.1) is 0 Å². The maximum Gasteiger partial charge on any atom is 0.269 e. The average molecular weight is 313 g/mol. The Labute approximate surface area is 134 Å². The molecule has 2 aromatic carbocycles. The number of amides is 1. The van der Waals surface area contributed by atoms with Crippen molar-refractivity contribution in [3.05, 3.63) is 70.4 Å². The number of aromatic amines is 1. The van der Waals surface area contributed by atoms with Crippen LogP contribution in [0.15, 0.2) is 48.5 Å². The van der Waals surface area contributed by atoms with Gasteiger partial charge in [-0.05, 0) is 30.5 Å². The van der Waals surface area contributed by atoms with E-state index < -0.39 is 0 Å². The van der Waals surface area contributed by atoms with Crippen molar-refractivity contribution in [2.75, 3.05) is 6.54 Å². The summed E-state index contributed by atoms with van der Waals surface area (Å²) in [6, 6.07) is 15.8. The number of carbonyl (C=O) groups is 1. The summed E-state index contributed by atoms with van der Waals surface area (Å²) in [6.07, 6.45) is 0.802. The number of carbonyl (C=O) groups excluding carboxylic acids is 1. The van der Waals surface area contributed by atoms with Crippen molar-refractivity contribution in [1.82, 2.24) is 10.3 Å². The third kappa shape index (κ3) is 2.85. The fourth-order valence-electron chi connectivity index (χ4n) is 2.55. The van der Waals surface area contributed by atoms with E-state index in [-0.39, 0.29) is 5.91 Å². The predicted octanol–water partition coefficient (Wildman–Crippen LogP) is 4.10. The number of halogens is 1. The molecule has 0 fully saturated rings. The first kappa shape index (κ1) is 14.7. The van der Waals surface area contributed by atoms with E-state index in [2.05, 4.69) is 29.4 Å². The molecular weight excluding hydrogens is 296 g/mol. The highest BCUT2D eigenvalue weighted by molar-refractivity contribution is 6.38. The Morgan fingerprint density at radius 2 is 1.86 bits per heavy atom. The lowest BCUT2D eigenvalue weighted by Crippen LogP contribution is -2.26. The van der Waals surface area contributed by atoms with Gasteiger partial charge in [-0.3, -0.25) is 4.79 Å². The second-order valence-corrected chi connectivity index (χ2v) is 5.67. The fraction of sp³-hybridized carbons (Fsp3) is 0.167. The molecule has 0 radical (unpaired) electrons. The number of fused-ring (bicyclic) bond motifs is 1. The van der Waals surface area contributed by atoms with Crippen LogP contribution >= 0.6 is 11.6 Å². The number of hydrogen-bond acceptors (Lipinski definition) is 1. The Hall–Kier alpha value is -2.26. The normalized spacial score (nSPS) is 10.8. The third-order valence-corrected chi connectivity index (χ3v) is 4.20. The topological polar surface area (TPSA) is 44.9 Å². The molecule has 0 unspecified atom stereocenters. The Balaban J connectivity index is 1.69. The van der Waals surface area contributed by atoms with Crippen molar-refractivity contribution in [2.24, 2.45) is 0 Å². The van der Waals surface area contributed by atoms with Crippen LogP contribution in [0.1, 0.15) is 21.6 Å². The van der Waals surface area contributed by atoms with Crippen molar-refractivity contribution in [2.45, 2.75) is 13.3 Å². The van der Waals surface area contributed by atoms with E-state index in [1.807, 2.05) is 36.4 Å². The molecule has 3 nitrogen and oxygen atoms in total. The molecule has 0 aliphatic heterocycles. The standard InChI is InChI=1S/C18H17ClN2O/c1-12-6-2-3-7-13(12)10-11-20-18(22)17-16(19)14-8-4-5-9-15(14)21-17/h2-9,21H,10-11H2,1H3,(H,20,22). The van der Waals surface area contributed by atoms with Gasteiger partial charge in [0.2, 0.25) is 0 Å². The molecule has 1 heterocycles. The molecule has 0 saturated heterocycles. The number of aromatic nitrogens is 1. The molecular formula is C18H17ClN2O. The average Bonchev–Trinajstić information content (AvgIpc) is 2.87. The van der Waals surface area contributed by atoms with E-state index in [1.165, 1.54) is 11.1 Å². The van der Waals surface area contributed by atoms with Crippen molar-refractivity contribution >= 4 is 28.4 Å². The number of nitrogens with one attached hydrogen (secondary N) is 2. The highest BCUT2D eigenvalue weighted by Gasteiger charge is 2.15. The van der Waals surface area contributed by atoms with Crippen LogP contribution in [0.4, 0.5) is 0 Å². The van der Waals surface area contributed by atoms with Crippen molar-refractivity contribution in [1.29, 1.82) is 0 Å². The summed E-state index contributed by atoms with van der Waals surface area (Å²) in [4.78, 5) is 15.4. The first-order valence-corrected chi connectivity index (χ1v) is 7.63. The molecule has 1 aromatic heterocycles. The number of H-pyrrole nitrogens is 1. The van der Waals surface area contributed by atoms with Gasteiger partial charge in [-0.2, -0.15) is 0 Å². The molecule has 112 valence electrons. The first-order chi connectivity index (χ1) is 10.7. The van der Waals surface area contributed by atoms with Gasteiger partial charge in [0, 0.05) is 17.4 Å². The van der Waals surface area contributed by atoms with Crippen molar-refractivity contribution in [3.63, 3.8) is 0 Å². The second-order valence-electron chi connectivity index (χ2n) is 5.29. The molecule has 4 heteroatoms. The minimum absolute atomic E-state index is 0.171. The van der Waals surface area contributed by atoms with Gasteiger partial charge in [-0.25, -0.2) is 0 Å². The maximum atomic E-state index is 12.3. The van der Waals surface area contributed by atoms with Crippen molar-refractivity contribution < 1.29 is 4.79 Å². The van der Waals surface area contributed by atoms with Gasteiger partial charge in [0.25, 0.3) is 5.91 Å². The summed E-state index contributed by atoms with van der Waals surface area (Å²) in [5.74, 6) is -0.171. The molecule has 0 saturated carbocycles. The van der Waals surface area contributed by atoms with Gasteiger partial charge < -0.3 is 10.3 Å². The molecule has 3 aromatic rings. The van der Waals surface area contributed by atoms with Crippen molar-refractivity contribution in [3.8, 4) is 0 Å². The highest BCUT2D eigenvalue weighted by Crippen LogP contribution is 2.26. The van der Waals surface area contributed by atoms with Crippen LogP contribution in [0.5, 0.6) is 0 Å². The van der Waals surface area contributed by atoms with E-state index in [0.717, 1.165) is 17.3 Å². The summed E-state index contributed by atoms with van der Waals surface area (Å²) in [7, 11) is 0. The molecule has 0 aliphatic rings. The lowest BCUT2D eigenvalue weighted by molar-refractivity contribution is 0.0950. The summed E-state index contributed by atoms with van der Waals surface area (Å²) in [5, 5.41) is 4.27. The van der Waals surface area contributed by atoms with E-state index >= 15 is 0 Å². The highest BCUT2D eigenvalue weighted by atomic mass is 35.5. The van der Waals surface area contributed by atoms with Crippen LogP contribution in [0.3, 0.4) is 0 Å². The van der Waals surface area contributed by atoms with Crippen LogP contribution in [-0.2, 0) is 6.42 Å². The number of benzene rings is 2. The molecule has 22 heavy (non-hydrogen) atoms. The zero-order chi connectivity index (χ0) is 15.5. The lowest BCUT2D eigenvalue weighted by Gasteiger charge is -2.07. The summed E-state index contributed by atoms with van der Waals surface area (Å²) < 4.78 is 0. The van der Waals surface area contributed by atoms with E-state index in [4.69, 9.17) is 11.6 Å². The Morgan fingerprint density at radius 3 is 2.64 bits per heavy atom. The van der Waals surface area contributed by atoms with Crippen LogP contribution in [0, 0.1) is 6.92 Å². The smallest absolute Gasteiger partial charge is 0.269 e. The lowest BCUT2D eigenvalue weighted by atomic mass is 10.1. The van der Waals surface area contributed by atoms with Crippen LogP contribution in [-0.4, -0.2) is 17.4 Å². The minimum atomic E-state index is -0.171. The van der Waals surface area contributed by atoms with Gasteiger partial charge in [0.15, 0.2) is 0 Å². The van der Waals surface area contributed by atoms with Crippen LogP contribution in [0.25, 0.3) is 10.9 Å². The fourth-order valence-corrected chi connectivity index (χ4v) is 2.85. The summed E-state index contributed by atoms with van der Waals surface area (Å²) in [6.45, 7) is 2.65. The SMILES string of the molecule is Cc1ccccc1CCNC(=O)c1[nH]c2ccccc2c1Cl. The Morgan fingerprint density at radius 1 is 1.14 bits per heavy atom. The minimum Gasteiger partial charge on any atom is -0.350 e. The Bertz CT molecular complexity index is 823. The van der Waals surface area contributed by atoms with Crippen LogP contribution in [0.2, 0.25) is 5.02 Å². The number of para-hydroxylation sites is 1. The monoisotopic (exact) mass is 312 g/mol.